The molecule has 1 atom stereocenters. The molecule has 0 spiro atoms. The third-order valence-electron chi connectivity index (χ3n) is 5.25. The minimum atomic E-state index is -0.183. The van der Waals surface area contributed by atoms with Gasteiger partial charge in [-0.1, -0.05) is 12.1 Å². The summed E-state index contributed by atoms with van der Waals surface area (Å²) in [5, 5.41) is 3.07. The molecule has 28 heavy (non-hydrogen) atoms. The summed E-state index contributed by atoms with van der Waals surface area (Å²) in [5.74, 6) is 0.111. The Hall–Kier alpha value is -2.31. The number of ketones is 1. The molecule has 0 aromatic heterocycles. The zero-order valence-corrected chi connectivity index (χ0v) is 17.5. The Kier molecular flexibility index (Phi) is 6.75. The van der Waals surface area contributed by atoms with E-state index >= 15 is 0 Å². The molecule has 0 saturated carbocycles. The number of amides is 1. The summed E-state index contributed by atoms with van der Waals surface area (Å²) in [5.41, 5.74) is 2.73. The van der Waals surface area contributed by atoms with E-state index in [-0.39, 0.29) is 17.7 Å². The fraction of sp³-hybridized carbons (Fsp3) is 0.364. The standard InChI is InChI=1S/C22H27N3O2S/c1-16(22(27)23-20-6-4-5-7-21(20)28-3)24-12-14-25(15-13-24)19-10-8-18(9-11-19)17(2)26/h4-11,16H,12-15H2,1-3H3,(H,23,27). The number of nitrogens with zero attached hydrogens (tertiary/aromatic N) is 2. The minimum Gasteiger partial charge on any atom is -0.369 e. The van der Waals surface area contributed by atoms with E-state index in [2.05, 4.69) is 15.1 Å². The molecule has 5 nitrogen and oxygen atoms in total. The Morgan fingerprint density at radius 1 is 1.00 bits per heavy atom. The molecule has 1 saturated heterocycles. The van der Waals surface area contributed by atoms with Crippen LogP contribution in [0.3, 0.4) is 0 Å². The highest BCUT2D eigenvalue weighted by atomic mass is 32.2. The van der Waals surface area contributed by atoms with Crippen LogP contribution in [-0.2, 0) is 4.79 Å². The number of nitrogens with one attached hydrogen (secondary N) is 1. The van der Waals surface area contributed by atoms with E-state index in [1.54, 1.807) is 18.7 Å². The summed E-state index contributed by atoms with van der Waals surface area (Å²) < 4.78 is 0. The van der Waals surface area contributed by atoms with Gasteiger partial charge >= 0.3 is 0 Å². The van der Waals surface area contributed by atoms with Crippen molar-refractivity contribution in [2.75, 3.05) is 42.7 Å². The maximum Gasteiger partial charge on any atom is 0.241 e. The summed E-state index contributed by atoms with van der Waals surface area (Å²) >= 11 is 1.63. The first-order valence-corrected chi connectivity index (χ1v) is 10.8. The molecule has 1 fully saturated rings. The molecular weight excluding hydrogens is 370 g/mol. The van der Waals surface area contributed by atoms with Crippen molar-refractivity contribution in [1.82, 2.24) is 4.90 Å². The molecule has 1 aliphatic heterocycles. The highest BCUT2D eigenvalue weighted by Crippen LogP contribution is 2.25. The van der Waals surface area contributed by atoms with Gasteiger partial charge in [0.1, 0.15) is 0 Å². The minimum absolute atomic E-state index is 0.0285. The Balaban J connectivity index is 1.56. The normalized spacial score (nSPS) is 15.9. The molecule has 0 radical (unpaired) electrons. The van der Waals surface area contributed by atoms with E-state index in [4.69, 9.17) is 0 Å². The first-order valence-electron chi connectivity index (χ1n) is 9.53. The van der Waals surface area contributed by atoms with E-state index in [9.17, 15) is 9.59 Å². The number of carbonyl (C=O) groups excluding carboxylic acids is 2. The summed E-state index contributed by atoms with van der Waals surface area (Å²) in [6.45, 7) is 6.92. The van der Waals surface area contributed by atoms with Crippen LogP contribution in [0.5, 0.6) is 0 Å². The average molecular weight is 398 g/mol. The molecule has 2 aromatic carbocycles. The van der Waals surface area contributed by atoms with E-state index in [0.717, 1.165) is 48.0 Å². The monoisotopic (exact) mass is 397 g/mol. The zero-order chi connectivity index (χ0) is 20.1. The van der Waals surface area contributed by atoms with Crippen molar-refractivity contribution < 1.29 is 9.59 Å². The van der Waals surface area contributed by atoms with Crippen LogP contribution in [0, 0.1) is 0 Å². The molecule has 1 heterocycles. The highest BCUT2D eigenvalue weighted by molar-refractivity contribution is 7.98. The quantitative estimate of drug-likeness (QED) is 0.594. The van der Waals surface area contributed by atoms with Gasteiger partial charge in [-0.05, 0) is 56.5 Å². The number of hydrogen-bond acceptors (Lipinski definition) is 5. The maximum atomic E-state index is 12.7. The van der Waals surface area contributed by atoms with Gasteiger partial charge in [-0.25, -0.2) is 0 Å². The number of para-hydroxylation sites is 1. The lowest BCUT2D eigenvalue weighted by atomic mass is 10.1. The van der Waals surface area contributed by atoms with Crippen LogP contribution in [-0.4, -0.2) is 55.1 Å². The SMILES string of the molecule is CSc1ccccc1NC(=O)C(C)N1CCN(c2ccc(C(C)=O)cc2)CC1. The van der Waals surface area contributed by atoms with Gasteiger partial charge in [-0.15, -0.1) is 11.8 Å². The van der Waals surface area contributed by atoms with Crippen LogP contribution < -0.4 is 10.2 Å². The molecular formula is C22H27N3O2S. The van der Waals surface area contributed by atoms with Gasteiger partial charge in [-0.2, -0.15) is 0 Å². The number of anilines is 2. The summed E-state index contributed by atoms with van der Waals surface area (Å²) in [4.78, 5) is 29.7. The van der Waals surface area contributed by atoms with Gasteiger partial charge in [0.05, 0.1) is 11.7 Å². The van der Waals surface area contributed by atoms with Gasteiger partial charge in [0, 0.05) is 42.3 Å². The first-order chi connectivity index (χ1) is 13.5. The Labute approximate surface area is 171 Å². The Bertz CT molecular complexity index is 830. The van der Waals surface area contributed by atoms with E-state index in [1.807, 2.05) is 61.7 Å². The third-order valence-corrected chi connectivity index (χ3v) is 6.04. The largest absolute Gasteiger partial charge is 0.369 e. The smallest absolute Gasteiger partial charge is 0.241 e. The molecule has 1 unspecified atom stereocenters. The van der Waals surface area contributed by atoms with Gasteiger partial charge in [-0.3, -0.25) is 14.5 Å². The van der Waals surface area contributed by atoms with Crippen molar-refractivity contribution in [1.29, 1.82) is 0 Å². The van der Waals surface area contributed by atoms with Crippen molar-refractivity contribution in [2.24, 2.45) is 0 Å². The number of thioether (sulfide) groups is 1. The van der Waals surface area contributed by atoms with Crippen LogP contribution >= 0.6 is 11.8 Å². The second-order valence-electron chi connectivity index (χ2n) is 6.99. The van der Waals surface area contributed by atoms with Crippen molar-refractivity contribution in [3.05, 3.63) is 54.1 Å². The number of Topliss-reactive ketones (excluding diaryl/α,β-unsaturated/α-hetero) is 1. The fourth-order valence-corrected chi connectivity index (χ4v) is 3.98. The molecule has 0 aliphatic carbocycles. The average Bonchev–Trinajstić information content (AvgIpc) is 2.73. The lowest BCUT2D eigenvalue weighted by Crippen LogP contribution is -2.52. The summed E-state index contributed by atoms with van der Waals surface area (Å²) in [7, 11) is 0. The number of benzene rings is 2. The fourth-order valence-electron chi connectivity index (χ4n) is 3.43. The molecule has 1 N–H and O–H groups in total. The van der Waals surface area contributed by atoms with Crippen LogP contribution in [0.1, 0.15) is 24.2 Å². The number of piperazine rings is 1. The molecule has 148 valence electrons. The summed E-state index contributed by atoms with van der Waals surface area (Å²) in [6, 6.07) is 15.5. The number of hydrogen-bond donors (Lipinski definition) is 1. The predicted octanol–water partition coefficient (Wildman–Crippen LogP) is 3.76. The van der Waals surface area contributed by atoms with Gasteiger partial charge < -0.3 is 10.2 Å². The van der Waals surface area contributed by atoms with Crippen molar-refractivity contribution in [3.63, 3.8) is 0 Å². The maximum absolute atomic E-state index is 12.7. The Morgan fingerprint density at radius 2 is 1.64 bits per heavy atom. The van der Waals surface area contributed by atoms with Crippen LogP contribution in [0.25, 0.3) is 0 Å². The molecule has 1 amide bonds. The van der Waals surface area contributed by atoms with E-state index in [0.29, 0.717) is 0 Å². The van der Waals surface area contributed by atoms with E-state index in [1.165, 1.54) is 0 Å². The first kappa shape index (κ1) is 20.4. The molecule has 2 aromatic rings. The van der Waals surface area contributed by atoms with Crippen LogP contribution in [0.15, 0.2) is 53.4 Å². The van der Waals surface area contributed by atoms with Gasteiger partial charge in [0.25, 0.3) is 0 Å². The van der Waals surface area contributed by atoms with Gasteiger partial charge in [0.15, 0.2) is 5.78 Å². The molecule has 1 aliphatic rings. The Morgan fingerprint density at radius 3 is 2.25 bits per heavy atom. The second kappa shape index (κ2) is 9.26. The number of carbonyl (C=O) groups is 2. The summed E-state index contributed by atoms with van der Waals surface area (Å²) in [6.07, 6.45) is 2.01. The van der Waals surface area contributed by atoms with Crippen molar-refractivity contribution in [2.45, 2.75) is 24.8 Å². The molecule has 0 bridgehead atoms. The van der Waals surface area contributed by atoms with Gasteiger partial charge in [0.2, 0.25) is 5.91 Å². The lowest BCUT2D eigenvalue weighted by Gasteiger charge is -2.38. The topological polar surface area (TPSA) is 52.7 Å². The van der Waals surface area contributed by atoms with Crippen LogP contribution in [0.2, 0.25) is 0 Å². The van der Waals surface area contributed by atoms with Crippen LogP contribution in [0.4, 0.5) is 11.4 Å². The third kappa shape index (κ3) is 4.75. The highest BCUT2D eigenvalue weighted by Gasteiger charge is 2.26. The molecule has 6 heteroatoms. The molecule has 3 rings (SSSR count). The van der Waals surface area contributed by atoms with Crippen molar-refractivity contribution in [3.8, 4) is 0 Å². The predicted molar refractivity (Wildman–Crippen MR) is 117 cm³/mol. The van der Waals surface area contributed by atoms with Crippen molar-refractivity contribution >= 4 is 34.8 Å². The number of rotatable bonds is 6. The van der Waals surface area contributed by atoms with E-state index < -0.39 is 0 Å². The lowest BCUT2D eigenvalue weighted by molar-refractivity contribution is -0.120. The second-order valence-corrected chi connectivity index (χ2v) is 7.84. The zero-order valence-electron chi connectivity index (χ0n) is 16.6.